The minimum absolute atomic E-state index is 0. The first-order valence-corrected chi connectivity index (χ1v) is 13.1. The van der Waals surface area contributed by atoms with Crippen molar-refractivity contribution in [3.8, 4) is 0 Å². The van der Waals surface area contributed by atoms with Crippen LogP contribution in [0.4, 0.5) is 149 Å². The van der Waals surface area contributed by atoms with Crippen LogP contribution in [0.25, 0.3) is 0 Å². The summed E-state index contributed by atoms with van der Waals surface area (Å²) in [6.07, 6.45) is -18.5. The minimum Gasteiger partial charge on any atom is -1.00 e. The molecule has 346 valence electrons. The Morgan fingerprint density at radius 3 is 0.845 bits per heavy atom. The van der Waals surface area contributed by atoms with Gasteiger partial charge in [-0.05, 0) is 0 Å². The predicted molar refractivity (Wildman–Crippen MR) is 108 cm³/mol. The van der Waals surface area contributed by atoms with Crippen molar-refractivity contribution >= 4 is 11.8 Å². The van der Waals surface area contributed by atoms with Crippen molar-refractivity contribution in [3.05, 3.63) is 12.4 Å². The lowest BCUT2D eigenvalue weighted by Crippen LogP contribution is -3.00. The topological polar surface area (TPSA) is 8.81 Å². The molecule has 0 aliphatic carbocycles. The van der Waals surface area contributed by atoms with Gasteiger partial charge in [0, 0.05) is 11.8 Å². The molecular formula is C20H5ClF34N2S. The molecule has 0 bridgehead atoms. The van der Waals surface area contributed by atoms with Gasteiger partial charge in [0.15, 0.2) is 0 Å². The highest BCUT2D eigenvalue weighted by Gasteiger charge is 2.98. The molecule has 0 atom stereocenters. The van der Waals surface area contributed by atoms with Crippen molar-refractivity contribution in [2.24, 2.45) is 7.05 Å². The third kappa shape index (κ3) is 6.77. The SMILES string of the molecule is C[n+]1ccn(C(F)(F)C(F)(F)C(F)(F)C(F)(F)C(F)(F)C(F)(F)C(F)(F)C(F)(F)F)c1SC(F)(F)C(F)(F)C(F)(F)C(F)(F)C(F)(F)C(F)(F)C(F)(F)C(F)(F)F.[Cl-]. The van der Waals surface area contributed by atoms with Gasteiger partial charge in [0.25, 0.3) is 0 Å². The lowest BCUT2D eigenvalue weighted by atomic mass is 9.90. The van der Waals surface area contributed by atoms with E-state index in [9.17, 15) is 149 Å². The van der Waals surface area contributed by atoms with E-state index < -0.39 is 133 Å². The van der Waals surface area contributed by atoms with E-state index in [2.05, 4.69) is 0 Å². The molecule has 0 saturated heterocycles. The van der Waals surface area contributed by atoms with Gasteiger partial charge >= 0.3 is 99.9 Å². The second-order valence-electron chi connectivity index (χ2n) is 10.6. The number of thioether (sulfide) groups is 1. The molecule has 0 unspecified atom stereocenters. The van der Waals surface area contributed by atoms with Crippen molar-refractivity contribution in [1.29, 1.82) is 0 Å². The second-order valence-corrected chi connectivity index (χ2v) is 11.7. The zero-order valence-electron chi connectivity index (χ0n) is 25.2. The largest absolute Gasteiger partial charge is 1.00 e. The van der Waals surface area contributed by atoms with E-state index in [1.54, 1.807) is 0 Å². The smallest absolute Gasteiger partial charge is 0.470 e. The highest BCUT2D eigenvalue weighted by Crippen LogP contribution is 2.67. The van der Waals surface area contributed by atoms with Crippen molar-refractivity contribution < 1.29 is 166 Å². The molecule has 2 nitrogen and oxygen atoms in total. The Labute approximate surface area is 302 Å². The summed E-state index contributed by atoms with van der Waals surface area (Å²) in [5.41, 5.74) is 0. The summed E-state index contributed by atoms with van der Waals surface area (Å²) < 4.78 is 456. The summed E-state index contributed by atoms with van der Waals surface area (Å²) in [6.45, 7) is 0. The average molecular weight is 987 g/mol. The van der Waals surface area contributed by atoms with Gasteiger partial charge in [-0.3, -0.25) is 0 Å². The molecule has 0 aromatic carbocycles. The number of nitrogens with zero attached hydrogens (tertiary/aromatic N) is 2. The van der Waals surface area contributed by atoms with Gasteiger partial charge in [-0.1, -0.05) is 0 Å². The van der Waals surface area contributed by atoms with Crippen molar-refractivity contribution in [2.75, 3.05) is 0 Å². The molecule has 1 rings (SSSR count). The molecule has 0 radical (unpaired) electrons. The molecular weight excluding hydrogens is 982 g/mol. The van der Waals surface area contributed by atoms with Gasteiger partial charge in [0.05, 0.1) is 7.05 Å². The summed E-state index contributed by atoms with van der Waals surface area (Å²) in [7, 11) is -0.386. The third-order valence-corrected chi connectivity index (χ3v) is 8.05. The Balaban J connectivity index is 0.0000325. The first-order chi connectivity index (χ1) is 24.1. The first-order valence-electron chi connectivity index (χ1n) is 12.3. The number of rotatable bonds is 15. The number of aromatic nitrogens is 2. The Kier molecular flexibility index (Phi) is 13.4. The van der Waals surface area contributed by atoms with Crippen LogP contribution in [-0.2, 0) is 13.1 Å². The molecule has 0 fully saturated rings. The molecule has 1 heterocycles. The fourth-order valence-corrected chi connectivity index (χ4v) is 4.40. The number of hydrogen-bond acceptors (Lipinski definition) is 1. The Morgan fingerprint density at radius 1 is 0.362 bits per heavy atom. The maximum absolute atomic E-state index is 14.7. The summed E-state index contributed by atoms with van der Waals surface area (Å²) in [5, 5.41) is -11.5. The lowest BCUT2D eigenvalue weighted by Gasteiger charge is -2.42. The van der Waals surface area contributed by atoms with Gasteiger partial charge in [-0.15, -0.1) is 0 Å². The second kappa shape index (κ2) is 14.0. The van der Waals surface area contributed by atoms with Crippen LogP contribution in [0.1, 0.15) is 0 Å². The van der Waals surface area contributed by atoms with Crippen LogP contribution in [0, 0.1) is 0 Å². The number of imidazole rings is 1. The zero-order chi connectivity index (χ0) is 46.9. The van der Waals surface area contributed by atoms with Crippen LogP contribution in [0.5, 0.6) is 0 Å². The molecule has 0 amide bonds. The van der Waals surface area contributed by atoms with Crippen molar-refractivity contribution in [1.82, 2.24) is 4.57 Å². The molecule has 0 aliphatic rings. The molecule has 1 aromatic heterocycles. The maximum atomic E-state index is 14.7. The summed E-state index contributed by atoms with van der Waals surface area (Å²) in [6, 6.07) is -8.09. The molecule has 0 N–H and O–H groups in total. The van der Waals surface area contributed by atoms with E-state index in [-0.39, 0.29) is 19.5 Å². The highest BCUT2D eigenvalue weighted by molar-refractivity contribution is 8.00. The lowest BCUT2D eigenvalue weighted by molar-refractivity contribution is -0.711. The fourth-order valence-electron chi connectivity index (χ4n) is 3.43. The van der Waals surface area contributed by atoms with Gasteiger partial charge < -0.3 is 12.4 Å². The van der Waals surface area contributed by atoms with Crippen LogP contribution in [0.15, 0.2) is 17.6 Å². The van der Waals surface area contributed by atoms with Gasteiger partial charge in [0.1, 0.15) is 12.4 Å². The van der Waals surface area contributed by atoms with E-state index in [0.29, 0.717) is 0 Å². The predicted octanol–water partition coefficient (Wildman–Crippen LogP) is 8.30. The van der Waals surface area contributed by atoms with E-state index in [0.717, 1.165) is 0 Å². The Bertz CT molecular complexity index is 1630. The van der Waals surface area contributed by atoms with E-state index in [1.165, 1.54) is 0 Å². The Hall–Kier alpha value is -2.53. The van der Waals surface area contributed by atoms with Crippen molar-refractivity contribution in [2.45, 2.75) is 99.9 Å². The molecule has 38 heteroatoms. The molecule has 58 heavy (non-hydrogen) atoms. The highest BCUT2D eigenvalue weighted by atomic mass is 35.5. The van der Waals surface area contributed by atoms with Crippen molar-refractivity contribution in [3.63, 3.8) is 0 Å². The van der Waals surface area contributed by atoms with E-state index in [1.807, 2.05) is 0 Å². The number of halogens is 35. The maximum Gasteiger partial charge on any atom is 0.470 e. The summed E-state index contributed by atoms with van der Waals surface area (Å²) in [4.78, 5) is 0. The summed E-state index contributed by atoms with van der Waals surface area (Å²) in [5.74, 6) is -109. The third-order valence-electron chi connectivity index (χ3n) is 6.87. The standard InChI is InChI=1S/C20H5F34N2S.ClH/c1-55-2-3-56(19(51,52)15(41,42)11(33,34)7(25,26)5(21,22)9(29,30)13(37,38)17(45,46)47)4(55)57-20(53,54)16(43,44)12(35,36)8(27,28)6(23,24)10(31,32)14(39,40)18(48,49)50;/h2-3H,1H3;1H/q+1;/p-1. The van der Waals surface area contributed by atoms with E-state index in [4.69, 9.17) is 0 Å². The van der Waals surface area contributed by atoms with Crippen LogP contribution < -0.4 is 17.0 Å². The number of aryl methyl sites for hydroxylation is 1. The van der Waals surface area contributed by atoms with Crippen LogP contribution in [0.2, 0.25) is 0 Å². The molecule has 0 aliphatic heterocycles. The molecule has 1 aromatic rings. The van der Waals surface area contributed by atoms with Gasteiger partial charge in [-0.2, -0.15) is 154 Å². The fraction of sp³-hybridized carbons (Fsp3) is 0.850. The van der Waals surface area contributed by atoms with E-state index >= 15 is 0 Å². The minimum atomic E-state index is -9.37. The first kappa shape index (κ1) is 55.5. The zero-order valence-corrected chi connectivity index (χ0v) is 26.8. The molecule has 0 saturated carbocycles. The van der Waals surface area contributed by atoms with Crippen LogP contribution in [0.3, 0.4) is 0 Å². The normalized spacial score (nSPS) is 16.5. The molecule has 0 spiro atoms. The van der Waals surface area contributed by atoms with Crippen LogP contribution in [-0.4, -0.2) is 93.2 Å². The summed E-state index contributed by atoms with van der Waals surface area (Å²) >= 11 is -3.31. The number of hydrogen-bond donors (Lipinski definition) is 0. The average Bonchev–Trinajstić information content (AvgIpc) is 3.34. The van der Waals surface area contributed by atoms with Gasteiger partial charge in [-0.25, -0.2) is 4.57 Å². The van der Waals surface area contributed by atoms with Gasteiger partial charge in [0.2, 0.25) is 0 Å². The monoisotopic (exact) mass is 986 g/mol. The van der Waals surface area contributed by atoms with Crippen LogP contribution >= 0.6 is 11.8 Å². The Morgan fingerprint density at radius 2 is 0.586 bits per heavy atom. The number of alkyl halides is 34. The quantitative estimate of drug-likeness (QED) is 0.0978.